The van der Waals surface area contributed by atoms with Gasteiger partial charge in [0.05, 0.1) is 10.5 Å². The van der Waals surface area contributed by atoms with E-state index in [-0.39, 0.29) is 5.91 Å². The van der Waals surface area contributed by atoms with Gasteiger partial charge in [-0.2, -0.15) is 5.10 Å². The van der Waals surface area contributed by atoms with Crippen LogP contribution in [0.4, 0.5) is 17.2 Å². The first kappa shape index (κ1) is 24.8. The van der Waals surface area contributed by atoms with Crippen molar-refractivity contribution in [3.63, 3.8) is 0 Å². The molecule has 1 unspecified atom stereocenters. The molecule has 2 N–H and O–H groups in total. The number of rotatable bonds is 7. The Labute approximate surface area is 229 Å². The molecule has 3 aromatic heterocycles. The number of fused-ring (bicyclic) bond motifs is 2. The number of halogens is 1. The molecule has 6 rings (SSSR count). The number of amides is 1. The van der Waals surface area contributed by atoms with Crippen molar-refractivity contribution in [2.45, 2.75) is 18.9 Å². The summed E-state index contributed by atoms with van der Waals surface area (Å²) in [5.41, 5.74) is 2.79. The van der Waals surface area contributed by atoms with Gasteiger partial charge >= 0.3 is 0 Å². The van der Waals surface area contributed by atoms with Crippen molar-refractivity contribution >= 4 is 51.3 Å². The Morgan fingerprint density at radius 1 is 1.08 bits per heavy atom. The van der Waals surface area contributed by atoms with Crippen LogP contribution in [0.15, 0.2) is 79.5 Å². The Bertz CT molecular complexity index is 1700. The normalized spacial score (nSPS) is 15.8. The largest absolute Gasteiger partial charge is 0.456 e. The fourth-order valence-electron chi connectivity index (χ4n) is 4.58. The lowest BCUT2D eigenvalue weighted by Gasteiger charge is -2.14. The second-order valence-electron chi connectivity index (χ2n) is 9.29. The number of pyridine rings is 1. The molecule has 1 amide bonds. The van der Waals surface area contributed by atoms with Gasteiger partial charge in [-0.1, -0.05) is 17.7 Å². The van der Waals surface area contributed by atoms with E-state index in [2.05, 4.69) is 42.6 Å². The van der Waals surface area contributed by atoms with Gasteiger partial charge in [-0.15, -0.1) is 0 Å². The standard InChI is InChI=1S/C28H25ClN8O2/c1-36-11-2-3-20(36)6-9-27(38)34-18-4-7-24-22(13-18)28(32-16-30-24)35-19-5-8-25(23(29)14-19)39-21-10-12-37-26(15-21)31-17-33-37/h4-10,12-17,20H,2-3,11H2,1H3,(H,34,38)(H,30,32,35). The molecule has 0 radical (unpaired) electrons. The molecule has 1 fully saturated rings. The molecule has 39 heavy (non-hydrogen) atoms. The fourth-order valence-corrected chi connectivity index (χ4v) is 4.80. The molecular weight excluding hydrogens is 516 g/mol. The van der Waals surface area contributed by atoms with Crippen LogP contribution in [-0.2, 0) is 4.79 Å². The summed E-state index contributed by atoms with van der Waals surface area (Å²) in [4.78, 5) is 27.7. The van der Waals surface area contributed by atoms with E-state index in [4.69, 9.17) is 16.3 Å². The van der Waals surface area contributed by atoms with Crippen molar-refractivity contribution in [2.75, 3.05) is 24.2 Å². The van der Waals surface area contributed by atoms with E-state index in [1.807, 2.05) is 30.3 Å². The number of ether oxygens (including phenoxy) is 1. The van der Waals surface area contributed by atoms with Crippen molar-refractivity contribution in [1.29, 1.82) is 0 Å². The lowest BCUT2D eigenvalue weighted by atomic mass is 10.2. The van der Waals surface area contributed by atoms with Crippen molar-refractivity contribution < 1.29 is 9.53 Å². The number of likely N-dealkylation sites (tertiary alicyclic amines) is 1. The van der Waals surface area contributed by atoms with Crippen molar-refractivity contribution in [1.82, 2.24) is 29.5 Å². The Balaban J connectivity index is 1.18. The highest BCUT2D eigenvalue weighted by molar-refractivity contribution is 6.32. The molecule has 4 heterocycles. The zero-order valence-electron chi connectivity index (χ0n) is 21.1. The van der Waals surface area contributed by atoms with E-state index in [0.29, 0.717) is 39.7 Å². The van der Waals surface area contributed by atoms with Gasteiger partial charge in [-0.3, -0.25) is 9.69 Å². The van der Waals surface area contributed by atoms with E-state index < -0.39 is 0 Å². The van der Waals surface area contributed by atoms with E-state index >= 15 is 0 Å². The Morgan fingerprint density at radius 3 is 2.82 bits per heavy atom. The minimum absolute atomic E-state index is 0.174. The van der Waals surface area contributed by atoms with Gasteiger partial charge in [0.15, 0.2) is 5.65 Å². The first-order valence-corrected chi connectivity index (χ1v) is 12.9. The lowest BCUT2D eigenvalue weighted by Crippen LogP contribution is -2.23. The van der Waals surface area contributed by atoms with Crippen molar-refractivity contribution in [3.05, 3.63) is 84.6 Å². The van der Waals surface area contributed by atoms with Crippen molar-refractivity contribution in [2.24, 2.45) is 0 Å². The quantitative estimate of drug-likeness (QED) is 0.262. The van der Waals surface area contributed by atoms with Gasteiger partial charge in [-0.25, -0.2) is 19.5 Å². The summed E-state index contributed by atoms with van der Waals surface area (Å²) in [6, 6.07) is 14.8. The lowest BCUT2D eigenvalue weighted by molar-refractivity contribution is -0.111. The Kier molecular flexibility index (Phi) is 6.78. The number of carbonyl (C=O) groups is 1. The predicted octanol–water partition coefficient (Wildman–Crippen LogP) is 5.45. The summed E-state index contributed by atoms with van der Waals surface area (Å²) in [6.07, 6.45) is 10.5. The van der Waals surface area contributed by atoms with E-state index in [0.717, 1.165) is 36.0 Å². The number of aromatic nitrogens is 5. The number of benzene rings is 2. The zero-order chi connectivity index (χ0) is 26.8. The van der Waals surface area contributed by atoms with Gasteiger partial charge < -0.3 is 15.4 Å². The number of hydrogen-bond acceptors (Lipinski definition) is 8. The van der Waals surface area contributed by atoms with E-state index in [9.17, 15) is 4.79 Å². The summed E-state index contributed by atoms with van der Waals surface area (Å²) in [6.45, 7) is 1.05. The molecule has 1 aliphatic heterocycles. The summed E-state index contributed by atoms with van der Waals surface area (Å²) < 4.78 is 7.61. The summed E-state index contributed by atoms with van der Waals surface area (Å²) in [5, 5.41) is 11.5. The SMILES string of the molecule is CN1CCCC1C=CC(=O)Nc1ccc2ncnc(Nc3ccc(Oc4ccn5ncnc5c4)c(Cl)c3)c2c1. The fraction of sp³-hybridized carbons (Fsp3) is 0.179. The molecular formula is C28H25ClN8O2. The predicted molar refractivity (Wildman–Crippen MR) is 151 cm³/mol. The summed E-state index contributed by atoms with van der Waals surface area (Å²) >= 11 is 6.54. The molecule has 11 heteroatoms. The van der Waals surface area contributed by atoms with Crippen LogP contribution in [-0.4, -0.2) is 55.0 Å². The van der Waals surface area contributed by atoms with Gasteiger partial charge in [0, 0.05) is 41.1 Å². The highest BCUT2D eigenvalue weighted by Gasteiger charge is 2.18. The number of hydrogen-bond donors (Lipinski definition) is 2. The number of nitrogens with zero attached hydrogens (tertiary/aromatic N) is 6. The summed E-state index contributed by atoms with van der Waals surface area (Å²) in [5.74, 6) is 1.51. The first-order chi connectivity index (χ1) is 19.0. The molecule has 1 saturated heterocycles. The highest BCUT2D eigenvalue weighted by Crippen LogP contribution is 2.34. The molecule has 1 atom stereocenters. The first-order valence-electron chi connectivity index (χ1n) is 12.5. The van der Waals surface area contributed by atoms with Crippen molar-refractivity contribution in [3.8, 4) is 11.5 Å². The van der Waals surface area contributed by atoms with Gasteiger partial charge in [0.1, 0.15) is 30.0 Å². The number of nitrogens with one attached hydrogen (secondary N) is 2. The Morgan fingerprint density at radius 2 is 1.97 bits per heavy atom. The van der Waals surface area contributed by atoms with Crippen LogP contribution in [0.1, 0.15) is 12.8 Å². The van der Waals surface area contributed by atoms with Gasteiger partial charge in [-0.05, 0) is 68.9 Å². The van der Waals surface area contributed by atoms with Crippen LogP contribution in [0.3, 0.4) is 0 Å². The molecule has 0 saturated carbocycles. The monoisotopic (exact) mass is 540 g/mol. The van der Waals surface area contributed by atoms with Crippen LogP contribution in [0.5, 0.6) is 11.5 Å². The molecule has 2 aromatic carbocycles. The number of anilines is 3. The maximum atomic E-state index is 12.5. The third kappa shape index (κ3) is 5.52. The van der Waals surface area contributed by atoms with E-state index in [1.54, 1.807) is 41.1 Å². The van der Waals surface area contributed by atoms with Crippen LogP contribution in [0.25, 0.3) is 16.6 Å². The third-order valence-corrected chi connectivity index (χ3v) is 6.92. The van der Waals surface area contributed by atoms with Gasteiger partial charge in [0.25, 0.3) is 0 Å². The second-order valence-corrected chi connectivity index (χ2v) is 9.70. The smallest absolute Gasteiger partial charge is 0.248 e. The highest BCUT2D eigenvalue weighted by atomic mass is 35.5. The van der Waals surface area contributed by atoms with Crippen LogP contribution in [0, 0.1) is 0 Å². The number of likely N-dealkylation sites (N-methyl/N-ethyl adjacent to an activating group) is 1. The van der Waals surface area contributed by atoms with E-state index in [1.165, 1.54) is 12.7 Å². The summed E-state index contributed by atoms with van der Waals surface area (Å²) in [7, 11) is 2.07. The second kappa shape index (κ2) is 10.7. The topological polar surface area (TPSA) is 110 Å². The van der Waals surface area contributed by atoms with Crippen LogP contribution >= 0.6 is 11.6 Å². The molecule has 1 aliphatic rings. The van der Waals surface area contributed by atoms with Crippen LogP contribution in [0.2, 0.25) is 5.02 Å². The van der Waals surface area contributed by atoms with Gasteiger partial charge in [0.2, 0.25) is 5.91 Å². The molecule has 10 nitrogen and oxygen atoms in total. The molecule has 0 bridgehead atoms. The average Bonchev–Trinajstić information content (AvgIpc) is 3.57. The molecule has 5 aromatic rings. The minimum atomic E-state index is -0.174. The zero-order valence-corrected chi connectivity index (χ0v) is 21.8. The third-order valence-electron chi connectivity index (χ3n) is 6.62. The average molecular weight is 541 g/mol. The number of carbonyl (C=O) groups excluding carboxylic acids is 1. The molecule has 0 spiro atoms. The maximum absolute atomic E-state index is 12.5. The molecule has 0 aliphatic carbocycles. The Hall–Kier alpha value is -4.54. The van der Waals surface area contributed by atoms with Crippen LogP contribution < -0.4 is 15.4 Å². The molecule has 196 valence electrons. The maximum Gasteiger partial charge on any atom is 0.248 e. The minimum Gasteiger partial charge on any atom is -0.456 e.